The molecule has 2 aromatic heterocycles. The topological polar surface area (TPSA) is 84.8 Å². The summed E-state index contributed by atoms with van der Waals surface area (Å²) in [7, 11) is 1.81. The van der Waals surface area contributed by atoms with E-state index >= 15 is 0 Å². The van der Waals surface area contributed by atoms with Crippen molar-refractivity contribution in [3.63, 3.8) is 0 Å². The molecule has 0 unspecified atom stereocenters. The van der Waals surface area contributed by atoms with Crippen LogP contribution < -0.4 is 4.68 Å². The van der Waals surface area contributed by atoms with Crippen LogP contribution in [0.25, 0.3) is 11.4 Å². The number of nitrogens with zero attached hydrogens (tertiary/aromatic N) is 5. The van der Waals surface area contributed by atoms with E-state index in [2.05, 4.69) is 15.2 Å². The monoisotopic (exact) mass is 280 g/mol. The van der Waals surface area contributed by atoms with Crippen LogP contribution in [0.3, 0.4) is 0 Å². The number of carboxylic acids is 1. The third-order valence-electron chi connectivity index (χ3n) is 2.31. The van der Waals surface area contributed by atoms with Crippen molar-refractivity contribution >= 4 is 17.7 Å². The lowest BCUT2D eigenvalue weighted by Gasteiger charge is -1.95. The molecule has 0 amide bonds. The van der Waals surface area contributed by atoms with Crippen molar-refractivity contribution < 1.29 is 14.6 Å². The third kappa shape index (κ3) is 4.02. The number of aromatic nitrogens is 5. The highest BCUT2D eigenvalue weighted by molar-refractivity contribution is 7.98. The Morgan fingerprint density at radius 3 is 3.00 bits per heavy atom. The van der Waals surface area contributed by atoms with Gasteiger partial charge < -0.3 is 5.11 Å². The molecule has 8 heteroatoms. The van der Waals surface area contributed by atoms with E-state index in [1.807, 2.05) is 19.3 Å². The summed E-state index contributed by atoms with van der Waals surface area (Å²) < 4.78 is 3.39. The number of rotatable bonds is 6. The van der Waals surface area contributed by atoms with Crippen molar-refractivity contribution in [2.24, 2.45) is 7.05 Å². The van der Waals surface area contributed by atoms with Crippen LogP contribution in [0.15, 0.2) is 24.8 Å². The first-order valence-electron chi connectivity index (χ1n) is 5.66. The minimum Gasteiger partial charge on any atom is -0.481 e. The van der Waals surface area contributed by atoms with Crippen molar-refractivity contribution in [2.45, 2.75) is 12.3 Å². The summed E-state index contributed by atoms with van der Waals surface area (Å²) in [5.41, 5.74) is 0.854. The van der Waals surface area contributed by atoms with Gasteiger partial charge in [0.1, 0.15) is 12.5 Å². The highest BCUT2D eigenvalue weighted by atomic mass is 32.2. The molecule has 0 radical (unpaired) electrons. The molecule has 0 aromatic carbocycles. The minimum atomic E-state index is -0.776. The Morgan fingerprint density at radius 1 is 1.58 bits per heavy atom. The zero-order chi connectivity index (χ0) is 13.7. The maximum atomic E-state index is 10.4. The van der Waals surface area contributed by atoms with Gasteiger partial charge in [-0.2, -0.15) is 5.10 Å². The van der Waals surface area contributed by atoms with Gasteiger partial charge in [0, 0.05) is 18.9 Å². The van der Waals surface area contributed by atoms with Gasteiger partial charge in [-0.1, -0.05) is 16.4 Å². The zero-order valence-electron chi connectivity index (χ0n) is 10.4. The number of hydrogen-bond donors (Lipinski definition) is 1. The average molecular weight is 280 g/mol. The van der Waals surface area contributed by atoms with E-state index in [1.54, 1.807) is 21.9 Å². The molecule has 100 valence electrons. The molecule has 0 fully saturated rings. The summed E-state index contributed by atoms with van der Waals surface area (Å²) in [6, 6.07) is 1.89. The van der Waals surface area contributed by atoms with Crippen molar-refractivity contribution in [2.75, 3.05) is 5.75 Å². The molecule has 0 bridgehead atoms. The van der Waals surface area contributed by atoms with Gasteiger partial charge in [0.15, 0.2) is 12.0 Å². The number of carbonyl (C=O) groups is 1. The molecule has 2 rings (SSSR count). The first-order valence-corrected chi connectivity index (χ1v) is 6.82. The lowest BCUT2D eigenvalue weighted by atomic mass is 10.3. The molecule has 0 saturated carbocycles. The second-order valence-corrected chi connectivity index (χ2v) is 4.95. The van der Waals surface area contributed by atoms with Gasteiger partial charge in [-0.3, -0.25) is 9.48 Å². The Hall–Kier alpha value is -1.96. The van der Waals surface area contributed by atoms with Crippen LogP contribution in [0.5, 0.6) is 0 Å². The molecule has 2 heterocycles. The van der Waals surface area contributed by atoms with Gasteiger partial charge in [-0.25, -0.2) is 4.98 Å². The van der Waals surface area contributed by atoms with Gasteiger partial charge in [0.2, 0.25) is 5.88 Å². The summed E-state index contributed by atoms with van der Waals surface area (Å²) in [4.78, 5) is 14.5. The fourth-order valence-electron chi connectivity index (χ4n) is 1.38. The fraction of sp³-hybridized carbons (Fsp3) is 0.364. The predicted octanol–water partition coefficient (Wildman–Crippen LogP) is 0.330. The Kier molecular flexibility index (Phi) is 4.45. The maximum absolute atomic E-state index is 10.4. The lowest BCUT2D eigenvalue weighted by Crippen LogP contribution is -2.35. The molecule has 0 atom stereocenters. The van der Waals surface area contributed by atoms with E-state index in [9.17, 15) is 4.79 Å². The molecule has 19 heavy (non-hydrogen) atoms. The minimum absolute atomic E-state index is 0.168. The van der Waals surface area contributed by atoms with E-state index in [0.717, 1.165) is 5.56 Å². The van der Waals surface area contributed by atoms with Crippen LogP contribution in [0.4, 0.5) is 0 Å². The SMILES string of the molecule is Cn1cnc(-c2cc[n+](CSCCC(=O)O)nc2)n1. The molecule has 0 saturated heterocycles. The number of aryl methyl sites for hydroxylation is 1. The van der Waals surface area contributed by atoms with Crippen LogP contribution in [0, 0.1) is 0 Å². The van der Waals surface area contributed by atoms with E-state index in [0.29, 0.717) is 17.5 Å². The van der Waals surface area contributed by atoms with E-state index < -0.39 is 5.97 Å². The number of carboxylic acid groups (broad SMARTS) is 1. The quantitative estimate of drug-likeness (QED) is 0.606. The van der Waals surface area contributed by atoms with Gasteiger partial charge >= 0.3 is 5.97 Å². The van der Waals surface area contributed by atoms with Gasteiger partial charge in [0.25, 0.3) is 0 Å². The molecule has 7 nitrogen and oxygen atoms in total. The Bertz CT molecular complexity index is 554. The summed E-state index contributed by atoms with van der Waals surface area (Å²) in [5, 5.41) is 17.0. The smallest absolute Gasteiger partial charge is 0.304 e. The zero-order valence-corrected chi connectivity index (χ0v) is 11.2. The molecule has 0 aliphatic heterocycles. The summed E-state index contributed by atoms with van der Waals surface area (Å²) in [6.07, 6.45) is 5.34. The first-order chi connectivity index (χ1) is 9.15. The number of hydrogen-bond acceptors (Lipinski definition) is 5. The second-order valence-electron chi connectivity index (χ2n) is 3.88. The summed E-state index contributed by atoms with van der Waals surface area (Å²) in [5.74, 6) is 1.07. The van der Waals surface area contributed by atoms with Gasteiger partial charge in [-0.15, -0.1) is 0 Å². The van der Waals surface area contributed by atoms with E-state index in [1.165, 1.54) is 11.8 Å². The summed E-state index contributed by atoms with van der Waals surface area (Å²) in [6.45, 7) is 0. The van der Waals surface area contributed by atoms with Crippen LogP contribution >= 0.6 is 11.8 Å². The standard InChI is InChI=1S/C11H13N5O2S/c1-15-7-12-11(14-15)9-2-4-16(13-6-9)8-19-5-3-10(17)18/h2,4,6-7H,3,5,8H2,1H3/p+1. The Labute approximate surface area is 114 Å². The van der Waals surface area contributed by atoms with Gasteiger partial charge in [-0.05, 0) is 5.10 Å². The van der Waals surface area contributed by atoms with E-state index in [4.69, 9.17) is 5.11 Å². The van der Waals surface area contributed by atoms with Crippen LogP contribution in [0.1, 0.15) is 6.42 Å². The number of aliphatic carboxylic acids is 1. The van der Waals surface area contributed by atoms with Crippen molar-refractivity contribution in [1.82, 2.24) is 19.9 Å². The molecule has 2 aromatic rings. The largest absolute Gasteiger partial charge is 0.481 e. The Morgan fingerprint density at radius 2 is 2.42 bits per heavy atom. The fourth-order valence-corrected chi connectivity index (χ4v) is 2.17. The normalized spacial score (nSPS) is 10.6. The predicted molar refractivity (Wildman–Crippen MR) is 69.1 cm³/mol. The third-order valence-corrected chi connectivity index (χ3v) is 3.25. The highest BCUT2D eigenvalue weighted by Gasteiger charge is 2.08. The van der Waals surface area contributed by atoms with Crippen molar-refractivity contribution in [1.29, 1.82) is 0 Å². The molecular formula is C11H14N5O2S+. The van der Waals surface area contributed by atoms with Crippen molar-refractivity contribution in [3.05, 3.63) is 24.8 Å². The number of thioether (sulfide) groups is 1. The van der Waals surface area contributed by atoms with Crippen molar-refractivity contribution in [3.8, 4) is 11.4 Å². The molecule has 0 spiro atoms. The maximum Gasteiger partial charge on any atom is 0.304 e. The summed E-state index contributed by atoms with van der Waals surface area (Å²) >= 11 is 1.52. The first kappa shape index (κ1) is 13.5. The molecule has 0 aliphatic rings. The Balaban J connectivity index is 1.90. The van der Waals surface area contributed by atoms with Gasteiger partial charge in [0.05, 0.1) is 12.0 Å². The van der Waals surface area contributed by atoms with Crippen LogP contribution in [0.2, 0.25) is 0 Å². The van der Waals surface area contributed by atoms with Crippen LogP contribution in [-0.4, -0.2) is 36.7 Å². The van der Waals surface area contributed by atoms with E-state index in [-0.39, 0.29) is 6.42 Å². The van der Waals surface area contributed by atoms with Crippen LogP contribution in [-0.2, 0) is 17.7 Å². The molecule has 1 N–H and O–H groups in total. The molecular weight excluding hydrogens is 266 g/mol. The lowest BCUT2D eigenvalue weighted by molar-refractivity contribution is -0.734. The highest BCUT2D eigenvalue weighted by Crippen LogP contribution is 2.10. The second kappa shape index (κ2) is 6.28. The molecule has 0 aliphatic carbocycles. The average Bonchev–Trinajstić information content (AvgIpc) is 2.82.